The zero-order valence-corrected chi connectivity index (χ0v) is 12.6. The zero-order valence-electron chi connectivity index (χ0n) is 12.6. The van der Waals surface area contributed by atoms with Gasteiger partial charge in [-0.15, -0.1) is 0 Å². The Morgan fingerprint density at radius 2 is 2.18 bits per heavy atom. The van der Waals surface area contributed by atoms with Crippen LogP contribution in [0, 0.1) is 0 Å². The summed E-state index contributed by atoms with van der Waals surface area (Å²) in [5, 5.41) is 6.01. The highest BCUT2D eigenvalue weighted by Crippen LogP contribution is 2.07. The minimum atomic E-state index is -0.123. The SMILES string of the molecule is COCCCNC(=O)c1ccc(NCc2cccnc2)nc1. The Bertz CT molecular complexity index is 572. The Balaban J connectivity index is 1.81. The quantitative estimate of drug-likeness (QED) is 0.728. The highest BCUT2D eigenvalue weighted by atomic mass is 16.5. The minimum absolute atomic E-state index is 0.123. The van der Waals surface area contributed by atoms with Gasteiger partial charge in [-0.25, -0.2) is 4.98 Å². The van der Waals surface area contributed by atoms with Gasteiger partial charge in [0, 0.05) is 45.4 Å². The van der Waals surface area contributed by atoms with Crippen LogP contribution >= 0.6 is 0 Å². The molecule has 116 valence electrons. The first-order valence-corrected chi connectivity index (χ1v) is 7.15. The highest BCUT2D eigenvalue weighted by molar-refractivity contribution is 5.94. The van der Waals surface area contributed by atoms with Crippen LogP contribution in [0.4, 0.5) is 5.82 Å². The van der Waals surface area contributed by atoms with Crippen LogP contribution in [0.3, 0.4) is 0 Å². The first-order chi connectivity index (χ1) is 10.8. The molecule has 6 nitrogen and oxygen atoms in total. The number of ether oxygens (including phenoxy) is 1. The summed E-state index contributed by atoms with van der Waals surface area (Å²) in [5.41, 5.74) is 1.62. The van der Waals surface area contributed by atoms with Crippen LogP contribution in [0.5, 0.6) is 0 Å². The van der Waals surface area contributed by atoms with Crippen LogP contribution in [0.2, 0.25) is 0 Å². The van der Waals surface area contributed by atoms with E-state index in [1.165, 1.54) is 0 Å². The van der Waals surface area contributed by atoms with Gasteiger partial charge >= 0.3 is 0 Å². The van der Waals surface area contributed by atoms with Gasteiger partial charge in [0.25, 0.3) is 5.91 Å². The molecule has 0 aliphatic heterocycles. The lowest BCUT2D eigenvalue weighted by Gasteiger charge is -2.07. The third kappa shape index (κ3) is 5.14. The van der Waals surface area contributed by atoms with Gasteiger partial charge < -0.3 is 15.4 Å². The molecule has 0 unspecified atom stereocenters. The second-order valence-electron chi connectivity index (χ2n) is 4.75. The number of hydrogen-bond donors (Lipinski definition) is 2. The molecule has 0 aliphatic carbocycles. The van der Waals surface area contributed by atoms with E-state index >= 15 is 0 Å². The summed E-state index contributed by atoms with van der Waals surface area (Å²) >= 11 is 0. The van der Waals surface area contributed by atoms with E-state index in [1.807, 2.05) is 12.1 Å². The number of nitrogens with zero attached hydrogens (tertiary/aromatic N) is 2. The lowest BCUT2D eigenvalue weighted by molar-refractivity contribution is 0.0948. The fourth-order valence-corrected chi connectivity index (χ4v) is 1.85. The first kappa shape index (κ1) is 15.9. The number of hydrogen-bond acceptors (Lipinski definition) is 5. The third-order valence-corrected chi connectivity index (χ3v) is 3.03. The number of carbonyl (C=O) groups excluding carboxylic acids is 1. The van der Waals surface area contributed by atoms with Gasteiger partial charge in [0.1, 0.15) is 5.82 Å². The van der Waals surface area contributed by atoms with E-state index in [1.54, 1.807) is 37.8 Å². The summed E-state index contributed by atoms with van der Waals surface area (Å²) in [6, 6.07) is 7.42. The molecule has 22 heavy (non-hydrogen) atoms. The number of anilines is 1. The Hall–Kier alpha value is -2.47. The maximum Gasteiger partial charge on any atom is 0.252 e. The molecule has 0 aliphatic rings. The number of methoxy groups -OCH3 is 1. The summed E-state index contributed by atoms with van der Waals surface area (Å²) in [4.78, 5) is 20.2. The van der Waals surface area contributed by atoms with Gasteiger partial charge in [0.05, 0.1) is 5.56 Å². The molecule has 0 saturated carbocycles. The molecule has 0 bridgehead atoms. The minimum Gasteiger partial charge on any atom is -0.385 e. The molecule has 2 rings (SSSR count). The molecule has 0 fully saturated rings. The van der Waals surface area contributed by atoms with E-state index in [0.717, 1.165) is 17.8 Å². The molecule has 0 saturated heterocycles. The number of aromatic nitrogens is 2. The largest absolute Gasteiger partial charge is 0.385 e. The number of pyridine rings is 2. The fourth-order valence-electron chi connectivity index (χ4n) is 1.85. The van der Waals surface area contributed by atoms with Crippen molar-refractivity contribution in [1.29, 1.82) is 0 Å². The fraction of sp³-hybridized carbons (Fsp3) is 0.312. The molecular formula is C16H20N4O2. The summed E-state index contributed by atoms with van der Waals surface area (Å²) in [6.07, 6.45) is 5.90. The van der Waals surface area contributed by atoms with E-state index in [0.29, 0.717) is 25.3 Å². The topological polar surface area (TPSA) is 76.1 Å². The number of amides is 1. The molecule has 1 amide bonds. The molecule has 2 heterocycles. The summed E-state index contributed by atoms with van der Waals surface area (Å²) in [5.74, 6) is 0.599. The Morgan fingerprint density at radius 1 is 1.27 bits per heavy atom. The van der Waals surface area contributed by atoms with Crippen LogP contribution in [-0.4, -0.2) is 36.1 Å². The molecule has 2 N–H and O–H groups in total. The highest BCUT2D eigenvalue weighted by Gasteiger charge is 2.05. The van der Waals surface area contributed by atoms with Gasteiger partial charge in [0.2, 0.25) is 0 Å². The van der Waals surface area contributed by atoms with Gasteiger partial charge in [0.15, 0.2) is 0 Å². The normalized spacial score (nSPS) is 10.2. The van der Waals surface area contributed by atoms with Crippen LogP contribution in [-0.2, 0) is 11.3 Å². The van der Waals surface area contributed by atoms with Crippen molar-refractivity contribution in [1.82, 2.24) is 15.3 Å². The molecule has 2 aromatic rings. The van der Waals surface area contributed by atoms with Crippen molar-refractivity contribution in [2.24, 2.45) is 0 Å². The van der Waals surface area contributed by atoms with Crippen molar-refractivity contribution in [2.45, 2.75) is 13.0 Å². The molecule has 0 aromatic carbocycles. The molecule has 2 aromatic heterocycles. The smallest absolute Gasteiger partial charge is 0.252 e. The van der Waals surface area contributed by atoms with E-state index in [4.69, 9.17) is 4.74 Å². The molecule has 0 spiro atoms. The Kier molecular flexibility index (Phi) is 6.32. The van der Waals surface area contributed by atoms with E-state index in [2.05, 4.69) is 20.6 Å². The van der Waals surface area contributed by atoms with Crippen molar-refractivity contribution in [3.05, 3.63) is 54.0 Å². The molecule has 6 heteroatoms. The van der Waals surface area contributed by atoms with Crippen molar-refractivity contribution in [2.75, 3.05) is 25.6 Å². The standard InChI is InChI=1S/C16H20N4O2/c1-22-9-3-8-18-16(21)14-5-6-15(20-12-14)19-11-13-4-2-7-17-10-13/h2,4-7,10,12H,3,8-9,11H2,1H3,(H,18,21)(H,19,20). The second-order valence-corrected chi connectivity index (χ2v) is 4.75. The average molecular weight is 300 g/mol. The number of rotatable bonds is 8. The van der Waals surface area contributed by atoms with Gasteiger partial charge in [-0.1, -0.05) is 6.07 Å². The second kappa shape index (κ2) is 8.74. The zero-order chi connectivity index (χ0) is 15.6. The van der Waals surface area contributed by atoms with Crippen molar-refractivity contribution < 1.29 is 9.53 Å². The predicted molar refractivity (Wildman–Crippen MR) is 84.6 cm³/mol. The monoisotopic (exact) mass is 300 g/mol. The summed E-state index contributed by atoms with van der Waals surface area (Å²) in [7, 11) is 1.64. The summed E-state index contributed by atoms with van der Waals surface area (Å²) in [6.45, 7) is 1.87. The summed E-state index contributed by atoms with van der Waals surface area (Å²) < 4.78 is 4.93. The van der Waals surface area contributed by atoms with Crippen LogP contribution in [0.25, 0.3) is 0 Å². The van der Waals surface area contributed by atoms with Gasteiger partial charge in [-0.2, -0.15) is 0 Å². The third-order valence-electron chi connectivity index (χ3n) is 3.03. The van der Waals surface area contributed by atoms with E-state index in [-0.39, 0.29) is 5.91 Å². The Morgan fingerprint density at radius 3 is 2.86 bits per heavy atom. The number of carbonyl (C=O) groups is 1. The first-order valence-electron chi connectivity index (χ1n) is 7.15. The lowest BCUT2D eigenvalue weighted by atomic mass is 10.2. The average Bonchev–Trinajstić information content (AvgIpc) is 2.58. The van der Waals surface area contributed by atoms with Crippen molar-refractivity contribution >= 4 is 11.7 Å². The molecular weight excluding hydrogens is 280 g/mol. The van der Waals surface area contributed by atoms with Crippen LogP contribution in [0.1, 0.15) is 22.3 Å². The lowest BCUT2D eigenvalue weighted by Crippen LogP contribution is -2.25. The van der Waals surface area contributed by atoms with E-state index in [9.17, 15) is 4.79 Å². The maximum absolute atomic E-state index is 11.9. The number of nitrogens with one attached hydrogen (secondary N) is 2. The Labute approximate surface area is 129 Å². The van der Waals surface area contributed by atoms with Crippen LogP contribution < -0.4 is 10.6 Å². The van der Waals surface area contributed by atoms with Crippen LogP contribution in [0.15, 0.2) is 42.9 Å². The molecule has 0 radical (unpaired) electrons. The predicted octanol–water partition coefficient (Wildman–Crippen LogP) is 1.85. The van der Waals surface area contributed by atoms with Gasteiger partial charge in [-0.05, 0) is 30.2 Å². The maximum atomic E-state index is 11.9. The van der Waals surface area contributed by atoms with Crippen molar-refractivity contribution in [3.8, 4) is 0 Å². The van der Waals surface area contributed by atoms with Gasteiger partial charge in [-0.3, -0.25) is 9.78 Å². The van der Waals surface area contributed by atoms with Crippen molar-refractivity contribution in [3.63, 3.8) is 0 Å². The van der Waals surface area contributed by atoms with E-state index < -0.39 is 0 Å². The molecule has 0 atom stereocenters.